The van der Waals surface area contributed by atoms with Gasteiger partial charge in [0.2, 0.25) is 0 Å². The molecular weight excluding hydrogens is 306 g/mol. The topological polar surface area (TPSA) is 82.8 Å². The summed E-state index contributed by atoms with van der Waals surface area (Å²) in [5.74, 6) is 0.0245. The van der Waals surface area contributed by atoms with E-state index in [9.17, 15) is 8.42 Å². The number of hydrogen-bond donors (Lipinski definition) is 1. The number of nitrogens with zero attached hydrogens (tertiary/aromatic N) is 2. The fourth-order valence-corrected chi connectivity index (χ4v) is 3.72. The minimum atomic E-state index is -3.32. The zero-order valence-corrected chi connectivity index (χ0v) is 13.2. The summed E-state index contributed by atoms with van der Waals surface area (Å²) in [6.45, 7) is 2.93. The lowest BCUT2D eigenvalue weighted by Gasteiger charge is -2.05. The van der Waals surface area contributed by atoms with Crippen LogP contribution in [0.1, 0.15) is 15.4 Å². The van der Waals surface area contributed by atoms with Gasteiger partial charge < -0.3 is 5.32 Å². The van der Waals surface area contributed by atoms with Crippen LogP contribution in [0.3, 0.4) is 0 Å². The van der Waals surface area contributed by atoms with E-state index in [4.69, 9.17) is 5.26 Å². The standard InChI is InChI=1S/C14H15N3O2S2/c1-11-17-10-13(20-11)9-16-6-7-21(18,19)14-4-2-12(8-15)3-5-14/h2-5,10,16H,6-7,9H2,1H3. The summed E-state index contributed by atoms with van der Waals surface area (Å²) in [6, 6.07) is 7.94. The van der Waals surface area contributed by atoms with Crippen LogP contribution in [0.2, 0.25) is 0 Å². The third-order valence-corrected chi connectivity index (χ3v) is 5.50. The van der Waals surface area contributed by atoms with E-state index >= 15 is 0 Å². The first-order chi connectivity index (χ1) is 10.0. The maximum absolute atomic E-state index is 12.1. The normalized spacial score (nSPS) is 11.2. The van der Waals surface area contributed by atoms with Gasteiger partial charge >= 0.3 is 0 Å². The molecular formula is C14H15N3O2S2. The Labute approximate surface area is 128 Å². The molecule has 0 atom stereocenters. The van der Waals surface area contributed by atoms with Crippen molar-refractivity contribution in [3.8, 4) is 6.07 Å². The van der Waals surface area contributed by atoms with Crippen LogP contribution < -0.4 is 5.32 Å². The first-order valence-electron chi connectivity index (χ1n) is 6.36. The maximum atomic E-state index is 12.1. The number of nitrogens with one attached hydrogen (secondary N) is 1. The van der Waals surface area contributed by atoms with Crippen molar-refractivity contribution in [3.63, 3.8) is 0 Å². The van der Waals surface area contributed by atoms with Crippen LogP contribution in [0.25, 0.3) is 0 Å². The minimum Gasteiger partial charge on any atom is -0.311 e. The molecule has 110 valence electrons. The van der Waals surface area contributed by atoms with Crippen LogP contribution in [0.4, 0.5) is 0 Å². The molecule has 0 aliphatic heterocycles. The lowest BCUT2D eigenvalue weighted by atomic mass is 10.2. The minimum absolute atomic E-state index is 0.0245. The van der Waals surface area contributed by atoms with Crippen molar-refractivity contribution in [3.05, 3.63) is 45.9 Å². The Hall–Kier alpha value is -1.75. The van der Waals surface area contributed by atoms with Crippen molar-refractivity contribution >= 4 is 21.2 Å². The summed E-state index contributed by atoms with van der Waals surface area (Å²) in [6.07, 6.45) is 1.79. The summed E-state index contributed by atoms with van der Waals surface area (Å²) in [5, 5.41) is 12.8. The lowest BCUT2D eigenvalue weighted by Crippen LogP contribution is -2.22. The number of nitriles is 1. The van der Waals surface area contributed by atoms with E-state index in [-0.39, 0.29) is 10.6 Å². The Morgan fingerprint density at radius 2 is 2.05 bits per heavy atom. The van der Waals surface area contributed by atoms with Crippen LogP contribution >= 0.6 is 11.3 Å². The molecule has 0 saturated carbocycles. The molecule has 21 heavy (non-hydrogen) atoms. The number of thiazole rings is 1. The van der Waals surface area contributed by atoms with Gasteiger partial charge in [0.05, 0.1) is 27.3 Å². The molecule has 2 aromatic rings. The van der Waals surface area contributed by atoms with Crippen molar-refractivity contribution in [2.24, 2.45) is 0 Å². The molecule has 0 aliphatic carbocycles. The van der Waals surface area contributed by atoms with Crippen LogP contribution in [0.5, 0.6) is 0 Å². The second-order valence-electron chi connectivity index (χ2n) is 4.48. The SMILES string of the molecule is Cc1ncc(CNCCS(=O)(=O)c2ccc(C#N)cc2)s1. The van der Waals surface area contributed by atoms with E-state index in [0.29, 0.717) is 18.7 Å². The zero-order valence-electron chi connectivity index (χ0n) is 11.5. The van der Waals surface area contributed by atoms with E-state index < -0.39 is 9.84 Å². The molecule has 7 heteroatoms. The number of aromatic nitrogens is 1. The molecule has 1 aromatic carbocycles. The summed E-state index contributed by atoms with van der Waals surface area (Å²) in [5.41, 5.74) is 0.452. The van der Waals surface area contributed by atoms with E-state index in [1.807, 2.05) is 13.0 Å². The van der Waals surface area contributed by atoms with E-state index in [1.165, 1.54) is 24.3 Å². The van der Waals surface area contributed by atoms with Gasteiger partial charge in [0, 0.05) is 24.2 Å². The average molecular weight is 321 g/mol. The predicted molar refractivity (Wildman–Crippen MR) is 81.8 cm³/mol. The summed E-state index contributed by atoms with van der Waals surface area (Å²) in [4.78, 5) is 5.48. The van der Waals surface area contributed by atoms with Gasteiger partial charge in [-0.05, 0) is 31.2 Å². The first-order valence-corrected chi connectivity index (χ1v) is 8.83. The Bertz CT molecular complexity index is 743. The van der Waals surface area contributed by atoms with Crippen LogP contribution in [-0.2, 0) is 16.4 Å². The van der Waals surface area contributed by atoms with Gasteiger partial charge in [0.1, 0.15) is 0 Å². The second-order valence-corrected chi connectivity index (χ2v) is 7.91. The van der Waals surface area contributed by atoms with Crippen molar-refractivity contribution in [1.29, 1.82) is 5.26 Å². The molecule has 0 bridgehead atoms. The first kappa shape index (κ1) is 15.6. The van der Waals surface area contributed by atoms with Crippen molar-refractivity contribution in [1.82, 2.24) is 10.3 Å². The van der Waals surface area contributed by atoms with Crippen LogP contribution in [0, 0.1) is 18.3 Å². The quantitative estimate of drug-likeness (QED) is 0.822. The van der Waals surface area contributed by atoms with Gasteiger partial charge in [-0.2, -0.15) is 5.26 Å². The molecule has 0 saturated heterocycles. The highest BCUT2D eigenvalue weighted by Crippen LogP contribution is 2.13. The molecule has 2 rings (SSSR count). The molecule has 0 amide bonds. The zero-order chi connectivity index (χ0) is 15.3. The van der Waals surface area contributed by atoms with Gasteiger partial charge in [-0.25, -0.2) is 13.4 Å². The van der Waals surface area contributed by atoms with Gasteiger partial charge in [-0.3, -0.25) is 0 Å². The highest BCUT2D eigenvalue weighted by Gasteiger charge is 2.13. The predicted octanol–water partition coefficient (Wildman–Crippen LogP) is 1.89. The van der Waals surface area contributed by atoms with Gasteiger partial charge in [-0.15, -0.1) is 11.3 Å². The monoisotopic (exact) mass is 321 g/mol. The third-order valence-electron chi connectivity index (χ3n) is 2.86. The molecule has 0 fully saturated rings. The number of benzene rings is 1. The fourth-order valence-electron chi connectivity index (χ4n) is 1.76. The van der Waals surface area contributed by atoms with E-state index in [0.717, 1.165) is 9.88 Å². The maximum Gasteiger partial charge on any atom is 0.179 e. The number of rotatable bonds is 6. The second kappa shape index (κ2) is 6.80. The highest BCUT2D eigenvalue weighted by molar-refractivity contribution is 7.91. The van der Waals surface area contributed by atoms with Crippen molar-refractivity contribution in [2.45, 2.75) is 18.4 Å². The van der Waals surface area contributed by atoms with Crippen molar-refractivity contribution in [2.75, 3.05) is 12.3 Å². The Balaban J connectivity index is 1.87. The Morgan fingerprint density at radius 1 is 1.33 bits per heavy atom. The summed E-state index contributed by atoms with van der Waals surface area (Å²) in [7, 11) is -3.32. The Kier molecular flexibility index (Phi) is 5.07. The van der Waals surface area contributed by atoms with Gasteiger partial charge in [-0.1, -0.05) is 0 Å². The molecule has 1 heterocycles. The molecule has 0 radical (unpaired) electrons. The van der Waals surface area contributed by atoms with Gasteiger partial charge in [0.25, 0.3) is 0 Å². The van der Waals surface area contributed by atoms with E-state index in [2.05, 4.69) is 10.3 Å². The fraction of sp³-hybridized carbons (Fsp3) is 0.286. The molecule has 0 spiro atoms. The summed E-state index contributed by atoms with van der Waals surface area (Å²) >= 11 is 1.59. The van der Waals surface area contributed by atoms with Crippen LogP contribution in [-0.4, -0.2) is 25.7 Å². The third kappa shape index (κ3) is 4.36. The number of aryl methyl sites for hydroxylation is 1. The molecule has 1 N–H and O–H groups in total. The molecule has 0 aliphatic rings. The number of hydrogen-bond acceptors (Lipinski definition) is 6. The van der Waals surface area contributed by atoms with E-state index in [1.54, 1.807) is 17.5 Å². The largest absolute Gasteiger partial charge is 0.311 e. The lowest BCUT2D eigenvalue weighted by molar-refractivity contribution is 0.591. The molecule has 0 unspecified atom stereocenters. The smallest absolute Gasteiger partial charge is 0.179 e. The molecule has 1 aromatic heterocycles. The van der Waals surface area contributed by atoms with Gasteiger partial charge in [0.15, 0.2) is 9.84 Å². The summed E-state index contributed by atoms with van der Waals surface area (Å²) < 4.78 is 24.2. The number of sulfone groups is 1. The van der Waals surface area contributed by atoms with Crippen LogP contribution in [0.15, 0.2) is 35.4 Å². The highest BCUT2D eigenvalue weighted by atomic mass is 32.2. The Morgan fingerprint density at radius 3 is 2.62 bits per heavy atom. The molecule has 5 nitrogen and oxygen atoms in total. The van der Waals surface area contributed by atoms with Crippen molar-refractivity contribution < 1.29 is 8.42 Å². The average Bonchev–Trinajstić information content (AvgIpc) is 2.89.